The van der Waals surface area contributed by atoms with Gasteiger partial charge in [0.25, 0.3) is 0 Å². The van der Waals surface area contributed by atoms with E-state index in [1.165, 1.54) is 12.1 Å². The van der Waals surface area contributed by atoms with Gasteiger partial charge in [-0.15, -0.1) is 0 Å². The summed E-state index contributed by atoms with van der Waals surface area (Å²) >= 11 is 0. The molecule has 2 atom stereocenters. The van der Waals surface area contributed by atoms with Crippen molar-refractivity contribution in [3.63, 3.8) is 0 Å². The molecule has 1 aromatic rings. The third-order valence-electron chi connectivity index (χ3n) is 3.83. The highest BCUT2D eigenvalue weighted by molar-refractivity contribution is 5.61. The van der Waals surface area contributed by atoms with Crippen molar-refractivity contribution in [3.8, 4) is 6.07 Å². The van der Waals surface area contributed by atoms with E-state index in [2.05, 4.69) is 16.3 Å². The van der Waals surface area contributed by atoms with Crippen molar-refractivity contribution in [3.05, 3.63) is 29.6 Å². The maximum absolute atomic E-state index is 13.1. The second-order valence-corrected chi connectivity index (χ2v) is 4.74. The molecule has 4 heteroatoms. The molecule has 2 saturated heterocycles. The Hall–Kier alpha value is -1.60. The Balaban J connectivity index is 1.97. The van der Waals surface area contributed by atoms with Crippen LogP contribution in [-0.2, 0) is 0 Å². The summed E-state index contributed by atoms with van der Waals surface area (Å²) in [6.07, 6.45) is 1.15. The van der Waals surface area contributed by atoms with Gasteiger partial charge in [0.2, 0.25) is 0 Å². The topological polar surface area (TPSA) is 39.1 Å². The third kappa shape index (κ3) is 1.67. The molecule has 17 heavy (non-hydrogen) atoms. The fourth-order valence-corrected chi connectivity index (χ4v) is 3.00. The minimum Gasteiger partial charge on any atom is -0.366 e. The van der Waals surface area contributed by atoms with Gasteiger partial charge in [0.05, 0.1) is 11.3 Å². The molecule has 0 saturated carbocycles. The number of nitrogens with one attached hydrogen (secondary N) is 1. The van der Waals surface area contributed by atoms with E-state index in [0.29, 0.717) is 17.5 Å². The van der Waals surface area contributed by atoms with Gasteiger partial charge in [-0.1, -0.05) is 0 Å². The van der Waals surface area contributed by atoms with Gasteiger partial charge in [-0.05, 0) is 30.5 Å². The van der Waals surface area contributed by atoms with E-state index in [1.807, 2.05) is 0 Å². The zero-order valence-electron chi connectivity index (χ0n) is 9.49. The molecule has 0 aliphatic carbocycles. The monoisotopic (exact) mass is 231 g/mol. The quantitative estimate of drug-likeness (QED) is 0.796. The highest BCUT2D eigenvalue weighted by Gasteiger charge is 2.38. The minimum atomic E-state index is -0.342. The van der Waals surface area contributed by atoms with E-state index < -0.39 is 0 Å². The van der Waals surface area contributed by atoms with E-state index in [9.17, 15) is 4.39 Å². The van der Waals surface area contributed by atoms with Crippen LogP contribution in [0.25, 0.3) is 0 Å². The van der Waals surface area contributed by atoms with Crippen LogP contribution in [0.2, 0.25) is 0 Å². The highest BCUT2D eigenvalue weighted by Crippen LogP contribution is 2.33. The van der Waals surface area contributed by atoms with Crippen LogP contribution in [0.3, 0.4) is 0 Å². The molecule has 0 spiro atoms. The van der Waals surface area contributed by atoms with Gasteiger partial charge >= 0.3 is 0 Å². The van der Waals surface area contributed by atoms with Crippen LogP contribution >= 0.6 is 0 Å². The fourth-order valence-electron chi connectivity index (χ4n) is 3.00. The maximum atomic E-state index is 13.1. The molecule has 3 rings (SSSR count). The summed E-state index contributed by atoms with van der Waals surface area (Å²) in [7, 11) is 0. The lowest BCUT2D eigenvalue weighted by molar-refractivity contribution is 0.578. The van der Waals surface area contributed by atoms with Gasteiger partial charge in [-0.25, -0.2) is 4.39 Å². The van der Waals surface area contributed by atoms with Crippen LogP contribution in [0.5, 0.6) is 0 Å². The summed E-state index contributed by atoms with van der Waals surface area (Å²) in [6, 6.07) is 7.05. The summed E-state index contributed by atoms with van der Waals surface area (Å²) in [6.45, 7) is 2.99. The number of halogens is 1. The number of rotatable bonds is 1. The molecular weight excluding hydrogens is 217 g/mol. The van der Waals surface area contributed by atoms with Gasteiger partial charge in [-0.2, -0.15) is 5.26 Å². The van der Waals surface area contributed by atoms with E-state index in [1.54, 1.807) is 6.07 Å². The molecule has 3 nitrogen and oxygen atoms in total. The number of hydrogen-bond acceptors (Lipinski definition) is 3. The second kappa shape index (κ2) is 4.01. The summed E-state index contributed by atoms with van der Waals surface area (Å²) in [4.78, 5) is 2.25. The second-order valence-electron chi connectivity index (χ2n) is 4.74. The predicted octanol–water partition coefficient (Wildman–Crippen LogP) is 1.50. The predicted molar refractivity (Wildman–Crippen MR) is 63.2 cm³/mol. The smallest absolute Gasteiger partial charge is 0.124 e. The van der Waals surface area contributed by atoms with Gasteiger partial charge in [0.15, 0.2) is 0 Å². The number of nitrogens with zero attached hydrogens (tertiary/aromatic N) is 2. The van der Waals surface area contributed by atoms with E-state index in [4.69, 9.17) is 5.26 Å². The Morgan fingerprint density at radius 3 is 3.12 bits per heavy atom. The highest BCUT2D eigenvalue weighted by atomic mass is 19.1. The van der Waals surface area contributed by atoms with Crippen LogP contribution in [0.1, 0.15) is 12.0 Å². The van der Waals surface area contributed by atoms with E-state index >= 15 is 0 Å². The lowest BCUT2D eigenvalue weighted by Crippen LogP contribution is -2.34. The van der Waals surface area contributed by atoms with Crippen molar-refractivity contribution in [2.24, 2.45) is 5.92 Å². The average Bonchev–Trinajstić information content (AvgIpc) is 2.91. The maximum Gasteiger partial charge on any atom is 0.124 e. The van der Waals surface area contributed by atoms with Gasteiger partial charge in [0, 0.05) is 25.7 Å². The number of nitriles is 1. The Kier molecular flexibility index (Phi) is 2.49. The SMILES string of the molecule is N#Cc1cc(F)ccc1N1CC[C@@H]2CNC[C@@H]21. The van der Waals surface area contributed by atoms with Crippen LogP contribution in [0.4, 0.5) is 10.1 Å². The van der Waals surface area contributed by atoms with E-state index in [0.717, 1.165) is 31.7 Å². The van der Waals surface area contributed by atoms with Crippen LogP contribution in [0, 0.1) is 23.1 Å². The third-order valence-corrected chi connectivity index (χ3v) is 3.83. The van der Waals surface area contributed by atoms with Crippen LogP contribution in [0.15, 0.2) is 18.2 Å². The Morgan fingerprint density at radius 1 is 1.41 bits per heavy atom. The molecule has 1 N–H and O–H groups in total. The number of benzene rings is 1. The minimum absolute atomic E-state index is 0.342. The van der Waals surface area contributed by atoms with Crippen molar-refractivity contribution in [2.45, 2.75) is 12.5 Å². The number of fused-ring (bicyclic) bond motifs is 1. The molecule has 0 bridgehead atoms. The van der Waals surface area contributed by atoms with Gasteiger partial charge in [-0.3, -0.25) is 0 Å². The molecule has 0 aromatic heterocycles. The molecule has 0 amide bonds. The molecule has 2 fully saturated rings. The molecule has 88 valence electrons. The van der Waals surface area contributed by atoms with Crippen molar-refractivity contribution in [1.82, 2.24) is 5.32 Å². The van der Waals surface area contributed by atoms with Crippen molar-refractivity contribution >= 4 is 5.69 Å². The average molecular weight is 231 g/mol. The summed E-state index contributed by atoms with van der Waals surface area (Å²) in [5.41, 5.74) is 1.32. The molecule has 0 radical (unpaired) electrons. The van der Waals surface area contributed by atoms with Crippen molar-refractivity contribution in [2.75, 3.05) is 24.5 Å². The molecule has 0 unspecified atom stereocenters. The number of hydrogen-bond donors (Lipinski definition) is 1. The standard InChI is InChI=1S/C13H14FN3/c14-11-1-2-12(10(5-11)6-15)17-4-3-9-7-16-8-13(9)17/h1-2,5,9,13,16H,3-4,7-8H2/t9-,13+/m1/s1. The lowest BCUT2D eigenvalue weighted by Gasteiger charge is -2.26. The van der Waals surface area contributed by atoms with Gasteiger partial charge in [0.1, 0.15) is 11.9 Å². The Morgan fingerprint density at radius 2 is 2.29 bits per heavy atom. The Bertz CT molecular complexity index is 480. The van der Waals surface area contributed by atoms with Crippen LogP contribution < -0.4 is 10.2 Å². The molecule has 2 aliphatic heterocycles. The van der Waals surface area contributed by atoms with Crippen molar-refractivity contribution < 1.29 is 4.39 Å². The first-order valence-corrected chi connectivity index (χ1v) is 5.96. The molecule has 2 aliphatic rings. The first kappa shape index (κ1) is 10.5. The van der Waals surface area contributed by atoms with E-state index in [-0.39, 0.29) is 5.82 Å². The van der Waals surface area contributed by atoms with Crippen LogP contribution in [-0.4, -0.2) is 25.7 Å². The first-order valence-electron chi connectivity index (χ1n) is 5.96. The normalized spacial score (nSPS) is 26.9. The largest absolute Gasteiger partial charge is 0.366 e. The number of anilines is 1. The van der Waals surface area contributed by atoms with Gasteiger partial charge < -0.3 is 10.2 Å². The molecule has 2 heterocycles. The summed E-state index contributed by atoms with van der Waals surface area (Å²) in [5.74, 6) is 0.331. The molecular formula is C13H14FN3. The molecule has 1 aromatic carbocycles. The Labute approximate surface area is 99.8 Å². The fraction of sp³-hybridized carbons (Fsp3) is 0.462. The zero-order chi connectivity index (χ0) is 11.8. The lowest BCUT2D eigenvalue weighted by atomic mass is 10.0. The zero-order valence-corrected chi connectivity index (χ0v) is 9.49. The summed E-state index contributed by atoms with van der Waals surface area (Å²) < 4.78 is 13.1. The first-order chi connectivity index (χ1) is 8.29. The summed E-state index contributed by atoms with van der Waals surface area (Å²) in [5, 5.41) is 12.5. The van der Waals surface area contributed by atoms with Crippen molar-refractivity contribution in [1.29, 1.82) is 5.26 Å².